The lowest BCUT2D eigenvalue weighted by Gasteiger charge is -2.14. The summed E-state index contributed by atoms with van der Waals surface area (Å²) < 4.78 is 0. The Labute approximate surface area is 82.9 Å². The summed E-state index contributed by atoms with van der Waals surface area (Å²) in [5, 5.41) is 4.89. The SMILES string of the molecule is CNC(=O)C(C)(C)[SiH3].CNC(C)=O. The molecule has 13 heavy (non-hydrogen) atoms. The van der Waals surface area contributed by atoms with Crippen LogP contribution in [0.2, 0.25) is 5.04 Å². The molecular formula is C8H20N2O2Si. The molecule has 0 rings (SSSR count). The molecule has 0 bridgehead atoms. The number of rotatable bonds is 1. The van der Waals surface area contributed by atoms with Crippen molar-refractivity contribution >= 4 is 22.1 Å². The Morgan fingerprint density at radius 1 is 1.15 bits per heavy atom. The Bertz CT molecular complexity index is 175. The van der Waals surface area contributed by atoms with Gasteiger partial charge >= 0.3 is 0 Å². The first-order valence-electron chi connectivity index (χ1n) is 4.16. The number of amides is 2. The zero-order chi connectivity index (χ0) is 11.1. The van der Waals surface area contributed by atoms with E-state index in [4.69, 9.17) is 0 Å². The molecule has 2 amide bonds. The Morgan fingerprint density at radius 2 is 1.46 bits per heavy atom. The first kappa shape index (κ1) is 14.7. The summed E-state index contributed by atoms with van der Waals surface area (Å²) in [6, 6.07) is 0. The van der Waals surface area contributed by atoms with Crippen LogP contribution in [0.1, 0.15) is 20.8 Å². The molecule has 0 aromatic heterocycles. The third-order valence-electron chi connectivity index (χ3n) is 1.26. The summed E-state index contributed by atoms with van der Waals surface area (Å²) in [6.07, 6.45) is 0. The molecule has 0 unspecified atom stereocenters. The second kappa shape index (κ2) is 6.65. The number of hydrogen-bond donors (Lipinski definition) is 2. The predicted molar refractivity (Wildman–Crippen MR) is 57.8 cm³/mol. The average molecular weight is 204 g/mol. The van der Waals surface area contributed by atoms with E-state index in [0.29, 0.717) is 0 Å². The van der Waals surface area contributed by atoms with Gasteiger partial charge in [-0.25, -0.2) is 0 Å². The minimum atomic E-state index is -0.102. The lowest BCUT2D eigenvalue weighted by atomic mass is 10.2. The first-order valence-corrected chi connectivity index (χ1v) is 5.16. The molecule has 0 aromatic rings. The molecule has 4 nitrogen and oxygen atoms in total. The van der Waals surface area contributed by atoms with Crippen molar-refractivity contribution in [3.05, 3.63) is 0 Å². The molecule has 0 aliphatic carbocycles. The fourth-order valence-electron chi connectivity index (χ4n) is 0.375. The van der Waals surface area contributed by atoms with Crippen LogP contribution < -0.4 is 10.6 Å². The summed E-state index contributed by atoms with van der Waals surface area (Å²) in [5.41, 5.74) is 0. The van der Waals surface area contributed by atoms with E-state index < -0.39 is 0 Å². The second-order valence-corrected chi connectivity index (χ2v) is 6.14. The van der Waals surface area contributed by atoms with Gasteiger partial charge in [0, 0.05) is 36.3 Å². The lowest BCUT2D eigenvalue weighted by Crippen LogP contribution is -2.29. The van der Waals surface area contributed by atoms with E-state index in [2.05, 4.69) is 10.6 Å². The highest BCUT2D eigenvalue weighted by atomic mass is 28.1. The Balaban J connectivity index is 0. The standard InChI is InChI=1S/C5H13NOSi.C3H7NO/c1-5(2,8)4(7)6-3;1-3(5)4-2/h1-3,8H3,(H,6,7);1-2H3,(H,4,5). The van der Waals surface area contributed by atoms with Crippen LogP contribution in [-0.4, -0.2) is 36.2 Å². The molecule has 0 aliphatic rings. The molecule has 0 aromatic carbocycles. The van der Waals surface area contributed by atoms with Gasteiger partial charge in [0.2, 0.25) is 11.8 Å². The van der Waals surface area contributed by atoms with E-state index in [0.717, 1.165) is 10.2 Å². The third-order valence-corrected chi connectivity index (χ3v) is 1.71. The van der Waals surface area contributed by atoms with E-state index in [9.17, 15) is 9.59 Å². The van der Waals surface area contributed by atoms with E-state index in [1.807, 2.05) is 13.8 Å². The van der Waals surface area contributed by atoms with Crippen LogP contribution in [0.4, 0.5) is 0 Å². The van der Waals surface area contributed by atoms with Gasteiger partial charge in [-0.3, -0.25) is 9.59 Å². The second-order valence-electron chi connectivity index (χ2n) is 3.64. The summed E-state index contributed by atoms with van der Waals surface area (Å²) in [5.74, 6) is 0.147. The van der Waals surface area contributed by atoms with Crippen LogP contribution >= 0.6 is 0 Å². The fraction of sp³-hybridized carbons (Fsp3) is 0.750. The van der Waals surface area contributed by atoms with Gasteiger partial charge in [0.1, 0.15) is 0 Å². The largest absolute Gasteiger partial charge is 0.359 e. The minimum Gasteiger partial charge on any atom is -0.359 e. The molecular weight excluding hydrogens is 184 g/mol. The van der Waals surface area contributed by atoms with Gasteiger partial charge in [0.25, 0.3) is 0 Å². The Hall–Kier alpha value is -0.843. The molecule has 0 aliphatic heterocycles. The monoisotopic (exact) mass is 204 g/mol. The topological polar surface area (TPSA) is 58.2 Å². The molecule has 78 valence electrons. The van der Waals surface area contributed by atoms with Crippen molar-refractivity contribution < 1.29 is 9.59 Å². The van der Waals surface area contributed by atoms with Gasteiger partial charge in [-0.15, -0.1) is 0 Å². The maximum Gasteiger partial charge on any atom is 0.221 e. The number of carbonyl (C=O) groups excluding carboxylic acids is 2. The summed E-state index contributed by atoms with van der Waals surface area (Å²) in [6.45, 7) is 5.36. The zero-order valence-electron chi connectivity index (χ0n) is 9.32. The average Bonchev–Trinajstić information content (AvgIpc) is 2.02. The smallest absolute Gasteiger partial charge is 0.221 e. The fourth-order valence-corrected chi connectivity index (χ4v) is 0.625. The molecule has 2 N–H and O–H groups in total. The predicted octanol–water partition coefficient (Wildman–Crippen LogP) is -0.951. The van der Waals surface area contributed by atoms with Crippen LogP contribution in [0.15, 0.2) is 0 Å². The van der Waals surface area contributed by atoms with Crippen molar-refractivity contribution in [3.8, 4) is 0 Å². The normalized spacial score (nSPS) is 9.62. The lowest BCUT2D eigenvalue weighted by molar-refractivity contribution is -0.122. The quantitative estimate of drug-likeness (QED) is 0.541. The molecule has 5 heteroatoms. The van der Waals surface area contributed by atoms with E-state index in [1.54, 1.807) is 14.1 Å². The number of hydrogen-bond acceptors (Lipinski definition) is 2. The van der Waals surface area contributed by atoms with Gasteiger partial charge in [-0.1, -0.05) is 13.8 Å². The molecule has 0 fully saturated rings. The van der Waals surface area contributed by atoms with Crippen LogP contribution in [0.3, 0.4) is 0 Å². The first-order chi connectivity index (χ1) is 5.75. The Kier molecular flexibility index (Phi) is 7.50. The third kappa shape index (κ3) is 11.2. The molecule has 0 spiro atoms. The molecule has 0 atom stereocenters. The Morgan fingerprint density at radius 3 is 1.46 bits per heavy atom. The van der Waals surface area contributed by atoms with Gasteiger partial charge in [0.15, 0.2) is 0 Å². The van der Waals surface area contributed by atoms with Crippen molar-refractivity contribution in [2.45, 2.75) is 25.8 Å². The van der Waals surface area contributed by atoms with Crippen molar-refractivity contribution in [1.82, 2.24) is 10.6 Å². The minimum absolute atomic E-state index is 0.00463. The van der Waals surface area contributed by atoms with E-state index >= 15 is 0 Å². The highest BCUT2D eigenvalue weighted by molar-refractivity contribution is 6.27. The summed E-state index contributed by atoms with van der Waals surface area (Å²) in [7, 11) is 4.18. The molecule has 0 radical (unpaired) electrons. The van der Waals surface area contributed by atoms with Gasteiger partial charge in [0.05, 0.1) is 0 Å². The van der Waals surface area contributed by atoms with Gasteiger partial charge < -0.3 is 10.6 Å². The maximum absolute atomic E-state index is 10.8. The molecule has 0 saturated carbocycles. The molecule has 0 saturated heterocycles. The van der Waals surface area contributed by atoms with Crippen LogP contribution in [0.5, 0.6) is 0 Å². The zero-order valence-corrected chi connectivity index (χ0v) is 11.3. The van der Waals surface area contributed by atoms with Crippen molar-refractivity contribution in [1.29, 1.82) is 0 Å². The van der Waals surface area contributed by atoms with Crippen molar-refractivity contribution in [2.24, 2.45) is 0 Å². The summed E-state index contributed by atoms with van der Waals surface area (Å²) in [4.78, 5) is 20.5. The highest BCUT2D eigenvalue weighted by Gasteiger charge is 2.18. The van der Waals surface area contributed by atoms with E-state index in [-0.39, 0.29) is 16.9 Å². The van der Waals surface area contributed by atoms with Gasteiger partial charge in [-0.2, -0.15) is 0 Å². The number of carbonyl (C=O) groups is 2. The highest BCUT2D eigenvalue weighted by Crippen LogP contribution is 2.16. The van der Waals surface area contributed by atoms with E-state index in [1.165, 1.54) is 6.92 Å². The van der Waals surface area contributed by atoms with Crippen LogP contribution in [0, 0.1) is 0 Å². The summed E-state index contributed by atoms with van der Waals surface area (Å²) >= 11 is 0. The van der Waals surface area contributed by atoms with Crippen molar-refractivity contribution in [2.75, 3.05) is 14.1 Å². The van der Waals surface area contributed by atoms with Crippen LogP contribution in [-0.2, 0) is 9.59 Å². The molecule has 0 heterocycles. The number of nitrogens with one attached hydrogen (secondary N) is 2. The maximum atomic E-state index is 10.8. The van der Waals surface area contributed by atoms with Gasteiger partial charge in [-0.05, 0) is 0 Å². The van der Waals surface area contributed by atoms with Crippen LogP contribution in [0.25, 0.3) is 0 Å². The van der Waals surface area contributed by atoms with Crippen molar-refractivity contribution in [3.63, 3.8) is 0 Å².